The van der Waals surface area contributed by atoms with Gasteiger partial charge >= 0.3 is 5.97 Å². The molecule has 0 aromatic heterocycles. The van der Waals surface area contributed by atoms with Gasteiger partial charge in [-0.05, 0) is 38.1 Å². The molecule has 1 aliphatic heterocycles. The maximum absolute atomic E-state index is 11.7. The molecule has 3 nitrogen and oxygen atoms in total. The zero-order chi connectivity index (χ0) is 12.9. The van der Waals surface area contributed by atoms with Crippen molar-refractivity contribution in [3.63, 3.8) is 0 Å². The van der Waals surface area contributed by atoms with E-state index in [4.69, 9.17) is 4.74 Å². The van der Waals surface area contributed by atoms with Crippen molar-refractivity contribution < 1.29 is 9.53 Å². The Morgan fingerprint density at radius 3 is 2.71 bits per heavy atom. The number of hydrogen-bond donors (Lipinski definition) is 0. The van der Waals surface area contributed by atoms with Gasteiger partial charge < -0.3 is 9.64 Å². The highest BCUT2D eigenvalue weighted by Crippen LogP contribution is 2.25. The third-order valence-electron chi connectivity index (χ3n) is 3.73. The lowest BCUT2D eigenvalue weighted by Gasteiger charge is -2.36. The van der Waals surface area contributed by atoms with Crippen molar-refractivity contribution in [1.82, 2.24) is 4.90 Å². The Hall–Kier alpha value is -0.570. The van der Waals surface area contributed by atoms with Crippen LogP contribution in [0.4, 0.5) is 0 Å². The molecular formula is C14H27NO2. The molecule has 0 radical (unpaired) electrons. The standard InChI is InChI=1S/C14H27NO2/c1-5-14(3,4)11-15-9-7-8-12(10-15)13(16)17-6-2/h12H,5-11H2,1-4H3. The summed E-state index contributed by atoms with van der Waals surface area (Å²) in [7, 11) is 0. The van der Waals surface area contributed by atoms with E-state index in [1.165, 1.54) is 6.42 Å². The third-order valence-corrected chi connectivity index (χ3v) is 3.73. The summed E-state index contributed by atoms with van der Waals surface area (Å²) in [5, 5.41) is 0. The van der Waals surface area contributed by atoms with Gasteiger partial charge in [-0.2, -0.15) is 0 Å². The Kier molecular flexibility index (Phi) is 5.44. The number of likely N-dealkylation sites (tertiary alicyclic amines) is 1. The van der Waals surface area contributed by atoms with Gasteiger partial charge in [0.25, 0.3) is 0 Å². The molecule has 1 fully saturated rings. The number of carbonyl (C=O) groups excluding carboxylic acids is 1. The van der Waals surface area contributed by atoms with Crippen molar-refractivity contribution >= 4 is 5.97 Å². The fourth-order valence-electron chi connectivity index (χ4n) is 2.37. The average molecular weight is 241 g/mol. The zero-order valence-corrected chi connectivity index (χ0v) is 11.8. The minimum absolute atomic E-state index is 0.00787. The molecule has 0 aromatic rings. The number of piperidine rings is 1. The monoisotopic (exact) mass is 241 g/mol. The molecule has 0 aromatic carbocycles. The van der Waals surface area contributed by atoms with Gasteiger partial charge in [-0.25, -0.2) is 0 Å². The molecule has 0 spiro atoms. The lowest BCUT2D eigenvalue weighted by atomic mass is 9.88. The highest BCUT2D eigenvalue weighted by molar-refractivity contribution is 5.72. The van der Waals surface area contributed by atoms with Gasteiger partial charge in [0.2, 0.25) is 0 Å². The largest absolute Gasteiger partial charge is 0.466 e. The summed E-state index contributed by atoms with van der Waals surface area (Å²) in [6, 6.07) is 0. The summed E-state index contributed by atoms with van der Waals surface area (Å²) in [5.74, 6) is 0.0860. The summed E-state index contributed by atoms with van der Waals surface area (Å²) < 4.78 is 5.12. The van der Waals surface area contributed by atoms with Crippen LogP contribution >= 0.6 is 0 Å². The molecule has 1 unspecified atom stereocenters. The summed E-state index contributed by atoms with van der Waals surface area (Å²) in [6.45, 7) is 12.3. The van der Waals surface area contributed by atoms with Gasteiger partial charge in [0.1, 0.15) is 0 Å². The van der Waals surface area contributed by atoms with E-state index in [2.05, 4.69) is 25.7 Å². The normalized spacial score (nSPS) is 22.5. The van der Waals surface area contributed by atoms with E-state index < -0.39 is 0 Å². The first-order valence-electron chi connectivity index (χ1n) is 6.87. The van der Waals surface area contributed by atoms with E-state index in [1.807, 2.05) is 6.92 Å². The van der Waals surface area contributed by atoms with Crippen LogP contribution in [0.5, 0.6) is 0 Å². The summed E-state index contributed by atoms with van der Waals surface area (Å²) in [4.78, 5) is 14.2. The van der Waals surface area contributed by atoms with E-state index in [-0.39, 0.29) is 11.9 Å². The van der Waals surface area contributed by atoms with Gasteiger partial charge in [-0.3, -0.25) is 4.79 Å². The first kappa shape index (κ1) is 14.5. The van der Waals surface area contributed by atoms with Gasteiger partial charge in [0.15, 0.2) is 0 Å². The fraction of sp³-hybridized carbons (Fsp3) is 0.929. The summed E-state index contributed by atoms with van der Waals surface area (Å²) in [5.41, 5.74) is 0.344. The molecule has 0 amide bonds. The Bertz CT molecular complexity index is 251. The van der Waals surface area contributed by atoms with Crippen LogP contribution in [0.15, 0.2) is 0 Å². The van der Waals surface area contributed by atoms with Crippen molar-refractivity contribution in [2.75, 3.05) is 26.2 Å². The number of rotatable bonds is 5. The first-order chi connectivity index (χ1) is 7.98. The molecule has 1 heterocycles. The van der Waals surface area contributed by atoms with Gasteiger partial charge in [-0.1, -0.05) is 20.8 Å². The Labute approximate surface area is 106 Å². The molecule has 3 heteroatoms. The molecule has 1 saturated heterocycles. The molecular weight excluding hydrogens is 214 g/mol. The van der Waals surface area contributed by atoms with Crippen molar-refractivity contribution in [2.24, 2.45) is 11.3 Å². The molecule has 0 bridgehead atoms. The topological polar surface area (TPSA) is 29.5 Å². The van der Waals surface area contributed by atoms with Crippen LogP contribution in [0.1, 0.15) is 47.0 Å². The average Bonchev–Trinajstić information content (AvgIpc) is 2.29. The van der Waals surface area contributed by atoms with Crippen LogP contribution in [0.3, 0.4) is 0 Å². The van der Waals surface area contributed by atoms with Gasteiger partial charge in [0.05, 0.1) is 12.5 Å². The highest BCUT2D eigenvalue weighted by atomic mass is 16.5. The number of nitrogens with zero attached hydrogens (tertiary/aromatic N) is 1. The molecule has 1 aliphatic rings. The second-order valence-electron chi connectivity index (χ2n) is 5.84. The Morgan fingerprint density at radius 1 is 1.41 bits per heavy atom. The van der Waals surface area contributed by atoms with Crippen LogP contribution in [-0.4, -0.2) is 37.1 Å². The number of hydrogen-bond acceptors (Lipinski definition) is 3. The van der Waals surface area contributed by atoms with E-state index in [0.717, 1.165) is 32.5 Å². The SMILES string of the molecule is CCOC(=O)C1CCCN(CC(C)(C)CC)C1. The van der Waals surface area contributed by atoms with Gasteiger partial charge in [0, 0.05) is 13.1 Å². The van der Waals surface area contributed by atoms with Crippen molar-refractivity contribution in [3.05, 3.63) is 0 Å². The molecule has 100 valence electrons. The minimum atomic E-state index is -0.00787. The lowest BCUT2D eigenvalue weighted by Crippen LogP contribution is -2.43. The Morgan fingerprint density at radius 2 is 2.12 bits per heavy atom. The van der Waals surface area contributed by atoms with Crippen LogP contribution < -0.4 is 0 Å². The highest BCUT2D eigenvalue weighted by Gasteiger charge is 2.29. The van der Waals surface area contributed by atoms with E-state index >= 15 is 0 Å². The molecule has 0 aliphatic carbocycles. The van der Waals surface area contributed by atoms with Crippen LogP contribution in [0, 0.1) is 11.3 Å². The fourth-order valence-corrected chi connectivity index (χ4v) is 2.37. The van der Waals surface area contributed by atoms with Crippen LogP contribution in [0.25, 0.3) is 0 Å². The summed E-state index contributed by atoms with van der Waals surface area (Å²) >= 11 is 0. The lowest BCUT2D eigenvalue weighted by molar-refractivity contribution is -0.150. The van der Waals surface area contributed by atoms with Crippen LogP contribution in [0.2, 0.25) is 0 Å². The van der Waals surface area contributed by atoms with E-state index in [1.54, 1.807) is 0 Å². The predicted molar refractivity (Wildman–Crippen MR) is 69.9 cm³/mol. The molecule has 0 N–H and O–H groups in total. The van der Waals surface area contributed by atoms with Crippen molar-refractivity contribution in [2.45, 2.75) is 47.0 Å². The number of carbonyl (C=O) groups is 1. The van der Waals surface area contributed by atoms with Crippen LogP contribution in [-0.2, 0) is 9.53 Å². The predicted octanol–water partition coefficient (Wildman–Crippen LogP) is 2.70. The summed E-state index contributed by atoms with van der Waals surface area (Å²) in [6.07, 6.45) is 3.28. The smallest absolute Gasteiger partial charge is 0.310 e. The third kappa shape index (κ3) is 4.66. The van der Waals surface area contributed by atoms with Gasteiger partial charge in [-0.15, -0.1) is 0 Å². The number of esters is 1. The molecule has 0 saturated carbocycles. The van der Waals surface area contributed by atoms with Crippen molar-refractivity contribution in [3.8, 4) is 0 Å². The molecule has 17 heavy (non-hydrogen) atoms. The Balaban J connectivity index is 2.46. The second-order valence-corrected chi connectivity index (χ2v) is 5.84. The van der Waals surface area contributed by atoms with Crippen molar-refractivity contribution in [1.29, 1.82) is 0 Å². The number of ether oxygens (including phenoxy) is 1. The maximum atomic E-state index is 11.7. The first-order valence-corrected chi connectivity index (χ1v) is 6.87. The van der Waals surface area contributed by atoms with E-state index in [0.29, 0.717) is 12.0 Å². The minimum Gasteiger partial charge on any atom is -0.466 e. The van der Waals surface area contributed by atoms with E-state index in [9.17, 15) is 4.79 Å². The molecule has 1 rings (SSSR count). The second kappa shape index (κ2) is 6.39. The quantitative estimate of drug-likeness (QED) is 0.693. The molecule has 1 atom stereocenters. The zero-order valence-electron chi connectivity index (χ0n) is 11.8. The maximum Gasteiger partial charge on any atom is 0.310 e.